The van der Waals surface area contributed by atoms with Gasteiger partial charge in [0.2, 0.25) is 0 Å². The summed E-state index contributed by atoms with van der Waals surface area (Å²) in [5, 5.41) is 0. The van der Waals surface area contributed by atoms with E-state index in [4.69, 9.17) is 4.74 Å². The van der Waals surface area contributed by atoms with Crippen LogP contribution in [0.3, 0.4) is 0 Å². The topological polar surface area (TPSA) is 9.23 Å². The largest absolute Gasteiger partial charge is 0.497 e. The molecule has 0 aliphatic carbocycles. The third kappa shape index (κ3) is 4.97. The molecule has 0 aliphatic heterocycles. The first kappa shape index (κ1) is 19.2. The number of rotatable bonds is 8. The molecule has 3 aromatic rings. The second-order valence-electron chi connectivity index (χ2n) is 6.93. The van der Waals surface area contributed by atoms with Gasteiger partial charge in [-0.3, -0.25) is 0 Å². The molecule has 27 heavy (non-hydrogen) atoms. The Kier molecular flexibility index (Phi) is 6.64. The van der Waals surface area contributed by atoms with E-state index in [2.05, 4.69) is 19.1 Å². The van der Waals surface area contributed by atoms with Gasteiger partial charge in [0.25, 0.3) is 0 Å². The molecule has 0 amide bonds. The number of methoxy groups -OCH3 is 1. The highest BCUT2D eigenvalue weighted by atomic mass is 19.1. The van der Waals surface area contributed by atoms with Crippen molar-refractivity contribution >= 4 is 0 Å². The number of hydrogen-bond donors (Lipinski definition) is 0. The zero-order valence-corrected chi connectivity index (χ0v) is 16.2. The smallest absolute Gasteiger partial charge is 0.131 e. The molecule has 0 aliphatic rings. The Balaban J connectivity index is 1.73. The van der Waals surface area contributed by atoms with Gasteiger partial charge in [-0.1, -0.05) is 74.7 Å². The van der Waals surface area contributed by atoms with Crippen molar-refractivity contribution in [2.24, 2.45) is 0 Å². The van der Waals surface area contributed by atoms with Crippen molar-refractivity contribution in [2.45, 2.75) is 39.0 Å². The average Bonchev–Trinajstić information content (AvgIpc) is 2.72. The first-order valence-corrected chi connectivity index (χ1v) is 9.74. The SMILES string of the molecule is CCCCCCc1ccc(-c2ccc(-c3ccc(OC)cc3)cc2F)cc1. The molecule has 0 spiro atoms. The second-order valence-corrected chi connectivity index (χ2v) is 6.93. The van der Waals surface area contributed by atoms with Crippen molar-refractivity contribution in [2.75, 3.05) is 7.11 Å². The minimum Gasteiger partial charge on any atom is -0.497 e. The zero-order chi connectivity index (χ0) is 19.1. The highest BCUT2D eigenvalue weighted by Crippen LogP contribution is 2.29. The minimum absolute atomic E-state index is 0.195. The van der Waals surface area contributed by atoms with Crippen LogP contribution in [-0.2, 0) is 6.42 Å². The maximum atomic E-state index is 14.7. The van der Waals surface area contributed by atoms with Gasteiger partial charge in [-0.15, -0.1) is 0 Å². The van der Waals surface area contributed by atoms with E-state index in [1.807, 2.05) is 48.5 Å². The molecule has 3 aromatic carbocycles. The van der Waals surface area contributed by atoms with E-state index < -0.39 is 0 Å². The van der Waals surface area contributed by atoms with Crippen molar-refractivity contribution in [1.29, 1.82) is 0 Å². The van der Waals surface area contributed by atoms with Crippen LogP contribution in [0.4, 0.5) is 4.39 Å². The molecule has 0 N–H and O–H groups in total. The summed E-state index contributed by atoms with van der Waals surface area (Å²) in [5.74, 6) is 0.602. The first-order chi connectivity index (χ1) is 13.2. The summed E-state index contributed by atoms with van der Waals surface area (Å²) in [6, 6.07) is 21.4. The van der Waals surface area contributed by atoms with Crippen LogP contribution >= 0.6 is 0 Å². The number of aryl methyl sites for hydroxylation is 1. The lowest BCUT2D eigenvalue weighted by molar-refractivity contribution is 0.415. The first-order valence-electron chi connectivity index (χ1n) is 9.74. The van der Waals surface area contributed by atoms with Gasteiger partial charge >= 0.3 is 0 Å². The Bertz CT molecular complexity index is 850. The summed E-state index contributed by atoms with van der Waals surface area (Å²) < 4.78 is 19.9. The summed E-state index contributed by atoms with van der Waals surface area (Å²) in [4.78, 5) is 0. The van der Waals surface area contributed by atoms with E-state index >= 15 is 0 Å². The second kappa shape index (κ2) is 9.36. The Hall–Kier alpha value is -2.61. The van der Waals surface area contributed by atoms with Gasteiger partial charge < -0.3 is 4.74 Å². The normalized spacial score (nSPS) is 10.8. The molecule has 2 heteroatoms. The quantitative estimate of drug-likeness (QED) is 0.382. The maximum absolute atomic E-state index is 14.7. The van der Waals surface area contributed by atoms with Crippen LogP contribution in [0.5, 0.6) is 5.75 Å². The highest BCUT2D eigenvalue weighted by molar-refractivity contribution is 5.71. The monoisotopic (exact) mass is 362 g/mol. The summed E-state index contributed by atoms with van der Waals surface area (Å²) in [7, 11) is 1.64. The van der Waals surface area contributed by atoms with Crippen LogP contribution in [0, 0.1) is 5.82 Å². The van der Waals surface area contributed by atoms with Gasteiger partial charge in [-0.2, -0.15) is 0 Å². The van der Waals surface area contributed by atoms with Crippen molar-refractivity contribution in [3.05, 3.63) is 78.1 Å². The molecule has 1 nitrogen and oxygen atoms in total. The average molecular weight is 362 g/mol. The molecular weight excluding hydrogens is 335 g/mol. The fourth-order valence-corrected chi connectivity index (χ4v) is 3.32. The predicted molar refractivity (Wildman–Crippen MR) is 112 cm³/mol. The number of ether oxygens (including phenoxy) is 1. The van der Waals surface area contributed by atoms with Gasteiger partial charge in [-0.05, 0) is 53.3 Å². The van der Waals surface area contributed by atoms with E-state index in [-0.39, 0.29) is 5.82 Å². The molecule has 0 atom stereocenters. The summed E-state index contributed by atoms with van der Waals surface area (Å²) in [6.45, 7) is 2.23. The van der Waals surface area contributed by atoms with Crippen LogP contribution < -0.4 is 4.74 Å². The van der Waals surface area contributed by atoms with E-state index in [0.717, 1.165) is 28.9 Å². The molecular formula is C25H27FO. The van der Waals surface area contributed by atoms with Gasteiger partial charge in [-0.25, -0.2) is 4.39 Å². The number of unbranched alkanes of at least 4 members (excludes halogenated alkanes) is 3. The molecule has 0 saturated heterocycles. The Morgan fingerprint density at radius 1 is 0.741 bits per heavy atom. The lowest BCUT2D eigenvalue weighted by atomic mass is 9.98. The Morgan fingerprint density at radius 2 is 1.41 bits per heavy atom. The fraction of sp³-hybridized carbons (Fsp3) is 0.280. The minimum atomic E-state index is -0.195. The van der Waals surface area contributed by atoms with Gasteiger partial charge in [0.1, 0.15) is 11.6 Å². The summed E-state index contributed by atoms with van der Waals surface area (Å²) >= 11 is 0. The molecule has 0 bridgehead atoms. The van der Waals surface area contributed by atoms with Crippen LogP contribution in [0.25, 0.3) is 22.3 Å². The fourth-order valence-electron chi connectivity index (χ4n) is 3.32. The summed E-state index contributed by atoms with van der Waals surface area (Å²) in [5.41, 5.74) is 4.73. The van der Waals surface area contributed by atoms with Crippen LogP contribution in [0.2, 0.25) is 0 Å². The van der Waals surface area contributed by atoms with Crippen molar-refractivity contribution in [3.63, 3.8) is 0 Å². The van der Waals surface area contributed by atoms with E-state index in [0.29, 0.717) is 5.56 Å². The van der Waals surface area contributed by atoms with E-state index in [1.54, 1.807) is 13.2 Å². The molecule has 0 unspecified atom stereocenters. The highest BCUT2D eigenvalue weighted by Gasteiger charge is 2.08. The van der Waals surface area contributed by atoms with E-state index in [9.17, 15) is 4.39 Å². The van der Waals surface area contributed by atoms with Crippen molar-refractivity contribution in [3.8, 4) is 28.0 Å². The zero-order valence-electron chi connectivity index (χ0n) is 16.2. The van der Waals surface area contributed by atoms with Gasteiger partial charge in [0, 0.05) is 5.56 Å². The molecule has 3 rings (SSSR count). The van der Waals surface area contributed by atoms with Crippen LogP contribution in [-0.4, -0.2) is 7.11 Å². The number of halogens is 1. The standard InChI is InChI=1S/C25H27FO/c1-3-4-5-6-7-19-8-10-21(11-9-19)24-17-14-22(18-25(24)26)20-12-15-23(27-2)16-13-20/h8-18H,3-7H2,1-2H3. The molecule has 0 heterocycles. The molecule has 0 fully saturated rings. The van der Waals surface area contributed by atoms with Crippen molar-refractivity contribution < 1.29 is 9.13 Å². The lowest BCUT2D eigenvalue weighted by Crippen LogP contribution is -1.89. The van der Waals surface area contributed by atoms with Crippen LogP contribution in [0.1, 0.15) is 38.2 Å². The van der Waals surface area contributed by atoms with E-state index in [1.165, 1.54) is 31.2 Å². The molecule has 0 radical (unpaired) electrons. The third-order valence-corrected chi connectivity index (χ3v) is 4.98. The molecule has 0 saturated carbocycles. The molecule has 140 valence electrons. The molecule has 0 aromatic heterocycles. The number of hydrogen-bond acceptors (Lipinski definition) is 1. The third-order valence-electron chi connectivity index (χ3n) is 4.98. The van der Waals surface area contributed by atoms with Gasteiger partial charge in [0.05, 0.1) is 7.11 Å². The van der Waals surface area contributed by atoms with Crippen LogP contribution in [0.15, 0.2) is 66.7 Å². The Morgan fingerprint density at radius 3 is 2.04 bits per heavy atom. The summed E-state index contributed by atoms with van der Waals surface area (Å²) in [6.07, 6.45) is 6.14. The van der Waals surface area contributed by atoms with Crippen molar-refractivity contribution in [1.82, 2.24) is 0 Å². The number of benzene rings is 3. The lowest BCUT2D eigenvalue weighted by Gasteiger charge is -2.09. The predicted octanol–water partition coefficient (Wildman–Crippen LogP) is 7.29. The maximum Gasteiger partial charge on any atom is 0.131 e. The van der Waals surface area contributed by atoms with Gasteiger partial charge in [0.15, 0.2) is 0 Å². The Labute approximate surface area is 161 Å².